The number of carboxylic acid groups (broad SMARTS) is 1. The van der Waals surface area contributed by atoms with Crippen LogP contribution in [-0.2, 0) is 0 Å². The first-order valence-corrected chi connectivity index (χ1v) is 2.96. The Morgan fingerprint density at radius 1 is 1.73 bits per heavy atom. The maximum Gasteiger partial charge on any atom is 0.431 e. The van der Waals surface area contributed by atoms with E-state index in [1.54, 1.807) is 18.3 Å². The molecule has 0 aliphatic carbocycles. The molecule has 1 amide bonds. The molecule has 1 heterocycles. The number of aliphatic imine (C=N–C) groups is 1. The predicted molar refractivity (Wildman–Crippen MR) is 39.9 cm³/mol. The molecule has 0 radical (unpaired) electrons. The first kappa shape index (κ1) is 7.40. The fraction of sp³-hybridized carbons (Fsp3) is 0. The molecule has 1 aromatic rings. The zero-order valence-electron chi connectivity index (χ0n) is 5.64. The normalized spacial score (nSPS) is 10.2. The molecule has 0 aromatic carbocycles. The molecule has 11 heavy (non-hydrogen) atoms. The summed E-state index contributed by atoms with van der Waals surface area (Å²) in [6, 6.07) is 3.43. The van der Waals surface area contributed by atoms with Crippen LogP contribution >= 0.6 is 0 Å². The fourth-order valence-corrected chi connectivity index (χ4v) is 0.582. The summed E-state index contributed by atoms with van der Waals surface area (Å²) >= 11 is 0. The molecule has 0 spiro atoms. The third-order valence-electron chi connectivity index (χ3n) is 1.01. The van der Waals surface area contributed by atoms with Crippen LogP contribution in [0.5, 0.6) is 0 Å². The summed E-state index contributed by atoms with van der Waals surface area (Å²) in [7, 11) is 0. The summed E-state index contributed by atoms with van der Waals surface area (Å²) in [4.78, 5) is 16.9. The molecule has 4 nitrogen and oxygen atoms in total. The Morgan fingerprint density at radius 3 is 3.09 bits per heavy atom. The van der Waals surface area contributed by atoms with Crippen molar-refractivity contribution in [2.75, 3.05) is 0 Å². The summed E-state index contributed by atoms with van der Waals surface area (Å²) in [5.74, 6) is 0. The van der Waals surface area contributed by atoms with Gasteiger partial charge in [-0.1, -0.05) is 6.07 Å². The van der Waals surface area contributed by atoms with Crippen LogP contribution in [0.15, 0.2) is 29.5 Å². The van der Waals surface area contributed by atoms with E-state index in [4.69, 9.17) is 5.11 Å². The number of nitrogens with zero attached hydrogens (tertiary/aromatic N) is 2. The van der Waals surface area contributed by atoms with E-state index in [0.717, 1.165) is 0 Å². The second-order valence-corrected chi connectivity index (χ2v) is 1.83. The number of carbonyl (C=O) groups is 1. The highest BCUT2D eigenvalue weighted by atomic mass is 16.4. The quantitative estimate of drug-likeness (QED) is 0.611. The molecule has 0 aliphatic rings. The lowest BCUT2D eigenvalue weighted by atomic mass is 10.3. The molecule has 0 aliphatic heterocycles. The van der Waals surface area contributed by atoms with E-state index >= 15 is 0 Å². The summed E-state index contributed by atoms with van der Waals surface area (Å²) in [6.07, 6.45) is 3.19. The van der Waals surface area contributed by atoms with Gasteiger partial charge in [-0.3, -0.25) is 4.98 Å². The SMILES string of the molecule is O=C(O)/N=C/c1cccnc1. The van der Waals surface area contributed by atoms with E-state index in [2.05, 4.69) is 9.98 Å². The number of hydrogen-bond acceptors (Lipinski definition) is 2. The average molecular weight is 150 g/mol. The second kappa shape index (κ2) is 3.46. The van der Waals surface area contributed by atoms with Crippen molar-refractivity contribution in [2.45, 2.75) is 0 Å². The molecule has 0 saturated heterocycles. The smallest absolute Gasteiger partial charge is 0.431 e. The van der Waals surface area contributed by atoms with Crippen LogP contribution in [-0.4, -0.2) is 22.4 Å². The number of hydrogen-bond donors (Lipinski definition) is 1. The van der Waals surface area contributed by atoms with E-state index in [1.807, 2.05) is 0 Å². The highest BCUT2D eigenvalue weighted by Gasteiger charge is 1.87. The minimum absolute atomic E-state index is 0.676. The van der Waals surface area contributed by atoms with Gasteiger partial charge in [0.05, 0.1) is 0 Å². The molecular formula is C7H6N2O2. The van der Waals surface area contributed by atoms with Crippen molar-refractivity contribution in [1.29, 1.82) is 0 Å². The maximum atomic E-state index is 9.95. The molecule has 0 unspecified atom stereocenters. The minimum atomic E-state index is -1.20. The Morgan fingerprint density at radius 2 is 2.55 bits per heavy atom. The van der Waals surface area contributed by atoms with Gasteiger partial charge >= 0.3 is 6.09 Å². The first-order chi connectivity index (χ1) is 5.29. The van der Waals surface area contributed by atoms with Gasteiger partial charge in [-0.15, -0.1) is 0 Å². The van der Waals surface area contributed by atoms with Crippen LogP contribution in [0.4, 0.5) is 4.79 Å². The van der Waals surface area contributed by atoms with E-state index in [0.29, 0.717) is 5.56 Å². The van der Waals surface area contributed by atoms with Crippen LogP contribution in [0.1, 0.15) is 5.56 Å². The van der Waals surface area contributed by atoms with Crippen molar-refractivity contribution in [3.63, 3.8) is 0 Å². The lowest BCUT2D eigenvalue weighted by molar-refractivity contribution is 0.206. The lowest BCUT2D eigenvalue weighted by Crippen LogP contribution is -1.88. The number of rotatable bonds is 1. The van der Waals surface area contributed by atoms with Gasteiger partial charge in [0, 0.05) is 24.2 Å². The number of aromatic nitrogens is 1. The summed E-state index contributed by atoms with van der Waals surface area (Å²) < 4.78 is 0. The van der Waals surface area contributed by atoms with Gasteiger partial charge in [0.15, 0.2) is 0 Å². The van der Waals surface area contributed by atoms with Crippen LogP contribution in [0.25, 0.3) is 0 Å². The second-order valence-electron chi connectivity index (χ2n) is 1.83. The van der Waals surface area contributed by atoms with Gasteiger partial charge in [0.2, 0.25) is 0 Å². The van der Waals surface area contributed by atoms with Gasteiger partial charge < -0.3 is 5.11 Å². The first-order valence-electron chi connectivity index (χ1n) is 2.96. The third kappa shape index (κ3) is 2.57. The van der Waals surface area contributed by atoms with Gasteiger partial charge in [-0.25, -0.2) is 4.79 Å². The summed E-state index contributed by atoms with van der Waals surface area (Å²) in [5.41, 5.74) is 0.676. The Bertz CT molecular complexity index is 269. The van der Waals surface area contributed by atoms with Crippen LogP contribution in [0, 0.1) is 0 Å². The van der Waals surface area contributed by atoms with Gasteiger partial charge in [-0.05, 0) is 6.07 Å². The van der Waals surface area contributed by atoms with E-state index in [-0.39, 0.29) is 0 Å². The van der Waals surface area contributed by atoms with Crippen molar-refractivity contribution in [1.82, 2.24) is 4.98 Å². The molecule has 0 bridgehead atoms. The fourth-order valence-electron chi connectivity index (χ4n) is 0.582. The maximum absolute atomic E-state index is 9.95. The minimum Gasteiger partial charge on any atom is -0.463 e. The molecule has 1 rings (SSSR count). The van der Waals surface area contributed by atoms with Gasteiger partial charge in [-0.2, -0.15) is 4.99 Å². The Labute approximate surface area is 63.2 Å². The molecule has 1 aromatic heterocycles. The zero-order chi connectivity index (χ0) is 8.10. The summed E-state index contributed by atoms with van der Waals surface area (Å²) in [5, 5.41) is 8.16. The average Bonchev–Trinajstić information content (AvgIpc) is 2.03. The Kier molecular flexibility index (Phi) is 2.32. The highest BCUT2D eigenvalue weighted by molar-refractivity contribution is 5.87. The summed E-state index contributed by atoms with van der Waals surface area (Å²) in [6.45, 7) is 0. The zero-order valence-corrected chi connectivity index (χ0v) is 5.64. The molecule has 0 atom stereocenters. The van der Waals surface area contributed by atoms with Crippen molar-refractivity contribution in [2.24, 2.45) is 4.99 Å². The molecule has 4 heteroatoms. The largest absolute Gasteiger partial charge is 0.463 e. The van der Waals surface area contributed by atoms with Crippen LogP contribution in [0.2, 0.25) is 0 Å². The predicted octanol–water partition coefficient (Wildman–Crippen LogP) is 1.18. The van der Waals surface area contributed by atoms with Crippen molar-refractivity contribution in [3.05, 3.63) is 30.1 Å². The Balaban J connectivity index is 2.72. The van der Waals surface area contributed by atoms with Gasteiger partial charge in [0.1, 0.15) is 0 Å². The topological polar surface area (TPSA) is 62.5 Å². The van der Waals surface area contributed by atoms with Crippen molar-refractivity contribution < 1.29 is 9.90 Å². The van der Waals surface area contributed by atoms with Crippen molar-refractivity contribution in [3.8, 4) is 0 Å². The van der Waals surface area contributed by atoms with Crippen LogP contribution in [0.3, 0.4) is 0 Å². The molecule has 1 N–H and O–H groups in total. The number of amides is 1. The highest BCUT2D eigenvalue weighted by Crippen LogP contribution is 1.90. The molecule has 56 valence electrons. The lowest BCUT2D eigenvalue weighted by Gasteiger charge is -1.86. The Hall–Kier alpha value is -1.71. The molecule has 0 fully saturated rings. The van der Waals surface area contributed by atoms with Gasteiger partial charge in [0.25, 0.3) is 0 Å². The number of pyridine rings is 1. The van der Waals surface area contributed by atoms with E-state index in [1.165, 1.54) is 12.4 Å². The van der Waals surface area contributed by atoms with Crippen molar-refractivity contribution >= 4 is 12.3 Å². The van der Waals surface area contributed by atoms with Crippen LogP contribution < -0.4 is 0 Å². The molecular weight excluding hydrogens is 144 g/mol. The third-order valence-corrected chi connectivity index (χ3v) is 1.01. The van der Waals surface area contributed by atoms with E-state index in [9.17, 15) is 4.79 Å². The standard InChI is InChI=1S/C7H6N2O2/c10-7(11)9-5-6-2-1-3-8-4-6/h1-5H,(H,10,11)/b9-5+. The molecule has 0 saturated carbocycles. The van der Waals surface area contributed by atoms with E-state index < -0.39 is 6.09 Å². The monoisotopic (exact) mass is 150 g/mol.